The molecule has 0 bridgehead atoms. The smallest absolute Gasteiger partial charge is 0.254 e. The number of nitrogens with zero attached hydrogens (tertiary/aromatic N) is 1. The van der Waals surface area contributed by atoms with Crippen molar-refractivity contribution in [2.24, 2.45) is 0 Å². The van der Waals surface area contributed by atoms with Crippen molar-refractivity contribution in [2.75, 3.05) is 6.61 Å². The molecule has 1 amide bonds. The van der Waals surface area contributed by atoms with Crippen LogP contribution in [-0.4, -0.2) is 29.5 Å². The molecule has 0 heterocycles. The van der Waals surface area contributed by atoms with Crippen molar-refractivity contribution in [3.63, 3.8) is 0 Å². The molecule has 0 aliphatic heterocycles. The van der Waals surface area contributed by atoms with Crippen molar-refractivity contribution in [2.45, 2.75) is 83.2 Å². The summed E-state index contributed by atoms with van der Waals surface area (Å²) in [4.78, 5) is 15.6. The number of carbonyl (C=O) groups excluding carboxylic acids is 1. The summed E-state index contributed by atoms with van der Waals surface area (Å²) >= 11 is 0. The Balaban J connectivity index is 1.78. The van der Waals surface area contributed by atoms with Crippen LogP contribution in [-0.2, 0) is 0 Å². The van der Waals surface area contributed by atoms with E-state index in [0.29, 0.717) is 18.7 Å². The van der Waals surface area contributed by atoms with Gasteiger partial charge in [0.15, 0.2) is 0 Å². The quantitative estimate of drug-likeness (QED) is 0.743. The van der Waals surface area contributed by atoms with E-state index in [-0.39, 0.29) is 5.91 Å². The van der Waals surface area contributed by atoms with Crippen LogP contribution in [0.15, 0.2) is 24.3 Å². The molecule has 2 aliphatic rings. The highest BCUT2D eigenvalue weighted by Crippen LogP contribution is 2.31. The zero-order chi connectivity index (χ0) is 16.8. The third-order valence-electron chi connectivity index (χ3n) is 5.58. The Bertz CT molecular complexity index is 495. The maximum atomic E-state index is 13.3. The number of ether oxygens (including phenoxy) is 1. The number of amides is 1. The van der Waals surface area contributed by atoms with Crippen LogP contribution < -0.4 is 4.74 Å². The summed E-state index contributed by atoms with van der Waals surface area (Å²) in [6.07, 6.45) is 12.4. The van der Waals surface area contributed by atoms with Crippen LogP contribution >= 0.6 is 0 Å². The van der Waals surface area contributed by atoms with Crippen LogP contribution in [0.4, 0.5) is 0 Å². The fourth-order valence-electron chi connectivity index (χ4n) is 4.36. The van der Waals surface area contributed by atoms with Gasteiger partial charge in [0, 0.05) is 17.6 Å². The Morgan fingerprint density at radius 1 is 0.917 bits per heavy atom. The van der Waals surface area contributed by atoms with Gasteiger partial charge < -0.3 is 9.64 Å². The van der Waals surface area contributed by atoms with Crippen LogP contribution in [0.25, 0.3) is 0 Å². The highest BCUT2D eigenvalue weighted by molar-refractivity contribution is 5.94. The van der Waals surface area contributed by atoms with Gasteiger partial charge in [0.05, 0.1) is 6.61 Å². The van der Waals surface area contributed by atoms with Gasteiger partial charge in [0.1, 0.15) is 5.75 Å². The molecule has 0 saturated heterocycles. The van der Waals surface area contributed by atoms with Crippen molar-refractivity contribution in [1.82, 2.24) is 4.90 Å². The Labute approximate surface area is 146 Å². The maximum Gasteiger partial charge on any atom is 0.254 e. The lowest BCUT2D eigenvalue weighted by Crippen LogP contribution is -2.48. The molecule has 1 aromatic carbocycles. The molecule has 0 unspecified atom stereocenters. The van der Waals surface area contributed by atoms with Gasteiger partial charge in [0.25, 0.3) is 5.91 Å². The summed E-state index contributed by atoms with van der Waals surface area (Å²) in [6.45, 7) is 2.64. The molecule has 0 N–H and O–H groups in total. The number of carbonyl (C=O) groups is 1. The Morgan fingerprint density at radius 3 is 1.88 bits per heavy atom. The first-order chi connectivity index (χ1) is 11.8. The van der Waals surface area contributed by atoms with E-state index in [1.54, 1.807) is 0 Å². The van der Waals surface area contributed by atoms with Crippen LogP contribution in [0, 0.1) is 0 Å². The monoisotopic (exact) mass is 329 g/mol. The topological polar surface area (TPSA) is 29.5 Å². The zero-order valence-electron chi connectivity index (χ0n) is 15.0. The molecule has 132 valence electrons. The fraction of sp³-hybridized carbons (Fsp3) is 0.667. The minimum atomic E-state index is 0.233. The van der Waals surface area contributed by atoms with Crippen LogP contribution in [0.1, 0.15) is 81.5 Å². The molecular weight excluding hydrogens is 298 g/mol. The van der Waals surface area contributed by atoms with Crippen LogP contribution in [0.5, 0.6) is 5.75 Å². The standard InChI is InChI=1S/C21H31NO2/c1-2-24-20-15-13-17(14-16-20)21(23)22(18-9-5-3-6-10-18)19-11-7-4-8-12-19/h13-16,18-19H,2-12H2,1H3. The Morgan fingerprint density at radius 2 is 1.42 bits per heavy atom. The average molecular weight is 329 g/mol. The SMILES string of the molecule is CCOc1ccc(C(=O)N(C2CCCCC2)C2CCCCC2)cc1. The molecule has 0 atom stereocenters. The summed E-state index contributed by atoms with van der Waals surface area (Å²) in [5.74, 6) is 1.08. The van der Waals surface area contributed by atoms with E-state index >= 15 is 0 Å². The number of rotatable bonds is 5. The predicted octanol–water partition coefficient (Wildman–Crippen LogP) is 5.19. The summed E-state index contributed by atoms with van der Waals surface area (Å²) in [7, 11) is 0. The maximum absolute atomic E-state index is 13.3. The minimum Gasteiger partial charge on any atom is -0.494 e. The van der Waals surface area contributed by atoms with Gasteiger partial charge >= 0.3 is 0 Å². The molecule has 0 radical (unpaired) electrons. The second kappa shape index (κ2) is 8.55. The van der Waals surface area contributed by atoms with E-state index in [2.05, 4.69) is 4.90 Å². The van der Waals surface area contributed by atoms with Crippen LogP contribution in [0.2, 0.25) is 0 Å². The Hall–Kier alpha value is -1.51. The average Bonchev–Trinajstić information content (AvgIpc) is 2.64. The fourth-order valence-corrected chi connectivity index (χ4v) is 4.36. The molecular formula is C21H31NO2. The lowest BCUT2D eigenvalue weighted by Gasteiger charge is -2.42. The molecule has 0 spiro atoms. The number of hydrogen-bond donors (Lipinski definition) is 0. The van der Waals surface area contributed by atoms with Crippen molar-refractivity contribution in [3.8, 4) is 5.75 Å². The summed E-state index contributed by atoms with van der Waals surface area (Å²) < 4.78 is 5.51. The highest BCUT2D eigenvalue weighted by Gasteiger charge is 2.32. The number of hydrogen-bond acceptors (Lipinski definition) is 2. The third-order valence-corrected chi connectivity index (χ3v) is 5.58. The second-order valence-corrected chi connectivity index (χ2v) is 7.25. The Kier molecular flexibility index (Phi) is 6.17. The molecule has 0 aromatic heterocycles. The molecule has 2 aliphatic carbocycles. The van der Waals surface area contributed by atoms with Crippen molar-refractivity contribution in [3.05, 3.63) is 29.8 Å². The van der Waals surface area contributed by atoms with Gasteiger partial charge in [-0.25, -0.2) is 0 Å². The van der Waals surface area contributed by atoms with E-state index < -0.39 is 0 Å². The molecule has 3 rings (SSSR count). The summed E-state index contributed by atoms with van der Waals surface area (Å²) in [5.41, 5.74) is 0.814. The lowest BCUT2D eigenvalue weighted by molar-refractivity contribution is 0.0448. The van der Waals surface area contributed by atoms with Gasteiger partial charge in [-0.05, 0) is 56.9 Å². The van der Waals surface area contributed by atoms with Gasteiger partial charge in [0.2, 0.25) is 0 Å². The van der Waals surface area contributed by atoms with E-state index in [4.69, 9.17) is 4.74 Å². The molecule has 2 saturated carbocycles. The first kappa shape index (κ1) is 17.3. The van der Waals surface area contributed by atoms with Gasteiger partial charge in [-0.1, -0.05) is 38.5 Å². The van der Waals surface area contributed by atoms with Crippen molar-refractivity contribution < 1.29 is 9.53 Å². The molecule has 3 heteroatoms. The third kappa shape index (κ3) is 4.12. The second-order valence-electron chi connectivity index (χ2n) is 7.25. The number of benzene rings is 1. The normalized spacial score (nSPS) is 19.9. The van der Waals surface area contributed by atoms with Crippen molar-refractivity contribution in [1.29, 1.82) is 0 Å². The first-order valence-electron chi connectivity index (χ1n) is 9.85. The lowest BCUT2D eigenvalue weighted by atomic mass is 9.88. The zero-order valence-corrected chi connectivity index (χ0v) is 15.0. The van der Waals surface area contributed by atoms with Crippen molar-refractivity contribution >= 4 is 5.91 Å². The first-order valence-corrected chi connectivity index (χ1v) is 9.85. The van der Waals surface area contributed by atoms with E-state index in [9.17, 15) is 4.79 Å². The molecule has 3 nitrogen and oxygen atoms in total. The van der Waals surface area contributed by atoms with Gasteiger partial charge in [-0.3, -0.25) is 4.79 Å². The van der Waals surface area contributed by atoms with E-state index in [1.165, 1.54) is 64.2 Å². The molecule has 1 aromatic rings. The summed E-state index contributed by atoms with van der Waals surface area (Å²) in [6, 6.07) is 8.62. The highest BCUT2D eigenvalue weighted by atomic mass is 16.5. The molecule has 24 heavy (non-hydrogen) atoms. The molecule has 2 fully saturated rings. The van der Waals surface area contributed by atoms with Gasteiger partial charge in [-0.15, -0.1) is 0 Å². The van der Waals surface area contributed by atoms with Crippen LogP contribution in [0.3, 0.4) is 0 Å². The van der Waals surface area contributed by atoms with Gasteiger partial charge in [-0.2, -0.15) is 0 Å². The minimum absolute atomic E-state index is 0.233. The summed E-state index contributed by atoms with van der Waals surface area (Å²) in [5, 5.41) is 0. The largest absolute Gasteiger partial charge is 0.494 e. The van der Waals surface area contributed by atoms with E-state index in [0.717, 1.165) is 11.3 Å². The van der Waals surface area contributed by atoms with E-state index in [1.807, 2.05) is 31.2 Å². The predicted molar refractivity (Wildman–Crippen MR) is 97.5 cm³/mol.